The first-order valence-corrected chi connectivity index (χ1v) is 12.4. The van der Waals surface area contributed by atoms with Crippen molar-refractivity contribution >= 4 is 21.8 Å². The average Bonchev–Trinajstić information content (AvgIpc) is 2.78. The summed E-state index contributed by atoms with van der Waals surface area (Å²) in [4.78, 5) is 24.6. The summed E-state index contributed by atoms with van der Waals surface area (Å²) in [5, 5.41) is 3.23. The number of benzene rings is 1. The number of fused-ring (bicyclic) bond motifs is 3. The zero-order valence-electron chi connectivity index (χ0n) is 18.8. The van der Waals surface area contributed by atoms with Crippen molar-refractivity contribution in [1.82, 2.24) is 20.2 Å². The molecule has 0 aliphatic carbocycles. The van der Waals surface area contributed by atoms with Crippen molar-refractivity contribution in [1.29, 1.82) is 0 Å². The molecular formula is C25H33BrN4O. The molecule has 1 aromatic heterocycles. The van der Waals surface area contributed by atoms with Gasteiger partial charge in [0.05, 0.1) is 5.69 Å². The Hall–Kier alpha value is -1.79. The third-order valence-electron chi connectivity index (χ3n) is 7.13. The van der Waals surface area contributed by atoms with Gasteiger partial charge >= 0.3 is 0 Å². The first kappa shape index (κ1) is 22.4. The monoisotopic (exact) mass is 484 g/mol. The van der Waals surface area contributed by atoms with E-state index in [4.69, 9.17) is 9.97 Å². The topological polar surface area (TPSA) is 58.1 Å². The van der Waals surface area contributed by atoms with Crippen molar-refractivity contribution in [3.63, 3.8) is 0 Å². The highest BCUT2D eigenvalue weighted by atomic mass is 79.9. The fourth-order valence-corrected chi connectivity index (χ4v) is 5.78. The molecule has 5 nitrogen and oxygen atoms in total. The van der Waals surface area contributed by atoms with Crippen molar-refractivity contribution < 1.29 is 4.79 Å². The Morgan fingerprint density at radius 2 is 2.03 bits per heavy atom. The molecule has 31 heavy (non-hydrogen) atoms. The summed E-state index contributed by atoms with van der Waals surface area (Å²) in [6.45, 7) is 9.08. The third kappa shape index (κ3) is 4.85. The second-order valence-corrected chi connectivity index (χ2v) is 9.86. The van der Waals surface area contributed by atoms with Gasteiger partial charge in [-0.1, -0.05) is 48.0 Å². The van der Waals surface area contributed by atoms with E-state index < -0.39 is 0 Å². The number of hydrogen-bond donors (Lipinski definition) is 1. The molecular weight excluding hydrogens is 452 g/mol. The van der Waals surface area contributed by atoms with Gasteiger partial charge in [-0.15, -0.1) is 0 Å². The SMILES string of the molecule is CCC(CC)C(=O)NCC1CC2CCN1CC2c1cc(-c2ccccc2Br)nc(C)n1. The molecule has 1 aromatic carbocycles. The van der Waals surface area contributed by atoms with E-state index in [0.717, 1.165) is 66.1 Å². The second kappa shape index (κ2) is 9.78. The van der Waals surface area contributed by atoms with E-state index in [9.17, 15) is 4.79 Å². The van der Waals surface area contributed by atoms with Gasteiger partial charge in [-0.2, -0.15) is 0 Å². The maximum Gasteiger partial charge on any atom is 0.223 e. The van der Waals surface area contributed by atoms with Crippen molar-refractivity contribution in [2.45, 2.75) is 58.4 Å². The zero-order chi connectivity index (χ0) is 22.0. The molecule has 1 amide bonds. The molecule has 4 unspecified atom stereocenters. The van der Waals surface area contributed by atoms with E-state index in [1.165, 1.54) is 6.42 Å². The molecule has 3 aliphatic heterocycles. The van der Waals surface area contributed by atoms with E-state index in [1.54, 1.807) is 0 Å². The standard InChI is InChI=1S/C25H33BrN4O/c1-4-17(5-2)25(31)27-14-19-12-18-10-11-30(19)15-21(18)24-13-23(28-16(3)29-24)20-8-6-7-9-22(20)26/h6-9,13,17-19,21H,4-5,10-12,14-15H2,1-3H3,(H,27,31). The van der Waals surface area contributed by atoms with Crippen LogP contribution in [0, 0.1) is 18.8 Å². The van der Waals surface area contributed by atoms with Crippen molar-refractivity contribution in [3.8, 4) is 11.3 Å². The van der Waals surface area contributed by atoms with Gasteiger partial charge in [0.2, 0.25) is 5.91 Å². The van der Waals surface area contributed by atoms with Crippen LogP contribution in [0.2, 0.25) is 0 Å². The summed E-state index contributed by atoms with van der Waals surface area (Å²) in [6.07, 6.45) is 4.15. The predicted molar refractivity (Wildman–Crippen MR) is 128 cm³/mol. The summed E-state index contributed by atoms with van der Waals surface area (Å²) in [5.41, 5.74) is 3.25. The van der Waals surface area contributed by atoms with E-state index in [2.05, 4.69) is 58.2 Å². The van der Waals surface area contributed by atoms with Crippen LogP contribution in [-0.2, 0) is 4.79 Å². The van der Waals surface area contributed by atoms with Crippen molar-refractivity contribution in [2.75, 3.05) is 19.6 Å². The van der Waals surface area contributed by atoms with Gasteiger partial charge in [-0.3, -0.25) is 9.69 Å². The van der Waals surface area contributed by atoms with Gasteiger partial charge in [0.15, 0.2) is 0 Å². The fraction of sp³-hybridized carbons (Fsp3) is 0.560. The second-order valence-electron chi connectivity index (χ2n) is 9.00. The number of nitrogens with one attached hydrogen (secondary N) is 1. The molecule has 3 saturated heterocycles. The molecule has 4 heterocycles. The lowest BCUT2D eigenvalue weighted by Gasteiger charge is -2.49. The Balaban J connectivity index is 1.47. The van der Waals surface area contributed by atoms with Crippen LogP contribution in [0.4, 0.5) is 0 Å². The number of rotatable bonds is 7. The molecule has 3 fully saturated rings. The number of aryl methyl sites for hydroxylation is 1. The van der Waals surface area contributed by atoms with Crippen LogP contribution >= 0.6 is 15.9 Å². The first-order chi connectivity index (χ1) is 15.0. The molecule has 4 atom stereocenters. The number of aromatic nitrogens is 2. The Kier molecular flexibility index (Phi) is 7.07. The number of carbonyl (C=O) groups excluding carboxylic acids is 1. The lowest BCUT2D eigenvalue weighted by molar-refractivity contribution is -0.125. The lowest BCUT2D eigenvalue weighted by atomic mass is 9.74. The Morgan fingerprint density at radius 3 is 2.71 bits per heavy atom. The van der Waals surface area contributed by atoms with E-state index in [0.29, 0.717) is 17.9 Å². The molecule has 0 radical (unpaired) electrons. The number of piperidine rings is 3. The summed E-state index contributed by atoms with van der Waals surface area (Å²) < 4.78 is 1.06. The molecule has 0 saturated carbocycles. The summed E-state index contributed by atoms with van der Waals surface area (Å²) >= 11 is 3.66. The summed E-state index contributed by atoms with van der Waals surface area (Å²) in [6, 6.07) is 10.9. The lowest BCUT2D eigenvalue weighted by Crippen LogP contribution is -2.56. The maximum absolute atomic E-state index is 12.4. The van der Waals surface area contributed by atoms with Crippen LogP contribution in [0.15, 0.2) is 34.8 Å². The number of hydrogen-bond acceptors (Lipinski definition) is 4. The molecule has 1 N–H and O–H groups in total. The van der Waals surface area contributed by atoms with E-state index >= 15 is 0 Å². The minimum absolute atomic E-state index is 0.142. The Labute approximate surface area is 194 Å². The first-order valence-electron chi connectivity index (χ1n) is 11.6. The molecule has 2 aromatic rings. The smallest absolute Gasteiger partial charge is 0.223 e. The normalized spacial score (nSPS) is 25.1. The molecule has 3 aliphatic rings. The van der Waals surface area contributed by atoms with Crippen LogP contribution in [0.1, 0.15) is 57.0 Å². The van der Waals surface area contributed by atoms with Gasteiger partial charge in [0.1, 0.15) is 5.82 Å². The molecule has 2 bridgehead atoms. The Bertz CT molecular complexity index is 929. The Morgan fingerprint density at radius 1 is 1.26 bits per heavy atom. The number of halogens is 1. The van der Waals surface area contributed by atoms with Crippen molar-refractivity contribution in [2.24, 2.45) is 11.8 Å². The van der Waals surface area contributed by atoms with Gasteiger partial charge in [-0.25, -0.2) is 9.97 Å². The number of nitrogens with zero attached hydrogens (tertiary/aromatic N) is 3. The van der Waals surface area contributed by atoms with Gasteiger partial charge in [0, 0.05) is 46.7 Å². The van der Waals surface area contributed by atoms with Gasteiger partial charge in [-0.05, 0) is 57.2 Å². The van der Waals surface area contributed by atoms with Crippen LogP contribution in [-0.4, -0.2) is 46.5 Å². The summed E-state index contributed by atoms with van der Waals surface area (Å²) in [7, 11) is 0. The van der Waals surface area contributed by atoms with Crippen molar-refractivity contribution in [3.05, 3.63) is 46.3 Å². The minimum atomic E-state index is 0.142. The largest absolute Gasteiger partial charge is 0.354 e. The molecule has 6 heteroatoms. The highest BCUT2D eigenvalue weighted by Crippen LogP contribution is 2.42. The zero-order valence-corrected chi connectivity index (χ0v) is 20.4. The quantitative estimate of drug-likeness (QED) is 0.604. The van der Waals surface area contributed by atoms with E-state index in [-0.39, 0.29) is 11.8 Å². The van der Waals surface area contributed by atoms with E-state index in [1.807, 2.05) is 19.1 Å². The molecule has 0 spiro atoms. The number of amides is 1. The minimum Gasteiger partial charge on any atom is -0.354 e. The van der Waals surface area contributed by atoms with Gasteiger partial charge in [0.25, 0.3) is 0 Å². The van der Waals surface area contributed by atoms with Crippen LogP contribution in [0.25, 0.3) is 11.3 Å². The van der Waals surface area contributed by atoms with Crippen LogP contribution < -0.4 is 5.32 Å². The number of carbonyl (C=O) groups is 1. The highest BCUT2D eigenvalue weighted by Gasteiger charge is 2.41. The molecule has 166 valence electrons. The predicted octanol–water partition coefficient (Wildman–Crippen LogP) is 4.94. The van der Waals surface area contributed by atoms with Crippen LogP contribution in [0.3, 0.4) is 0 Å². The third-order valence-corrected chi connectivity index (χ3v) is 7.83. The molecule has 5 rings (SSSR count). The van der Waals surface area contributed by atoms with Crippen LogP contribution in [0.5, 0.6) is 0 Å². The van der Waals surface area contributed by atoms with Gasteiger partial charge < -0.3 is 5.32 Å². The average molecular weight is 485 g/mol. The highest BCUT2D eigenvalue weighted by molar-refractivity contribution is 9.10. The fourth-order valence-electron chi connectivity index (χ4n) is 5.30. The summed E-state index contributed by atoms with van der Waals surface area (Å²) in [5.74, 6) is 2.23. The maximum atomic E-state index is 12.4.